The Bertz CT molecular complexity index is 968. The van der Waals surface area contributed by atoms with E-state index in [9.17, 15) is 20.1 Å². The quantitative estimate of drug-likeness (QED) is 0.516. The molecular weight excluding hydrogens is 414 g/mol. The number of phenolic OH excluding ortho intramolecular Hbond substituents is 1. The predicted molar refractivity (Wildman–Crippen MR) is 129 cm³/mol. The summed E-state index contributed by atoms with van der Waals surface area (Å²) in [5.74, 6) is -0.292. The van der Waals surface area contributed by atoms with Crippen molar-refractivity contribution >= 4 is 5.91 Å². The summed E-state index contributed by atoms with van der Waals surface area (Å²) in [6, 6.07) is 6.81. The summed E-state index contributed by atoms with van der Waals surface area (Å²) in [6.45, 7) is 10.5. The van der Waals surface area contributed by atoms with Gasteiger partial charge in [0.25, 0.3) is 0 Å². The number of benzene rings is 1. The molecule has 0 bridgehead atoms. The maximum atomic E-state index is 13.8. The van der Waals surface area contributed by atoms with E-state index >= 15 is 0 Å². The SMILES string of the molecule is C=C1[C@@H](C)[C@H]2[C@H](Cc3cccc(O)c3)NC(=O)[C@]23[C@H](O)/C=C\[C@@H](C)C[C@@H](C)C/C=C\[C@H]3[C@@H]1O. The Hall–Kier alpha value is -2.37. The third-order valence-corrected chi connectivity index (χ3v) is 8.22. The number of nitrogens with one attached hydrogen (secondary N) is 1. The van der Waals surface area contributed by atoms with E-state index in [1.54, 1.807) is 24.3 Å². The van der Waals surface area contributed by atoms with Gasteiger partial charge >= 0.3 is 0 Å². The minimum atomic E-state index is -1.19. The predicted octanol–water partition coefficient (Wildman–Crippen LogP) is 3.76. The summed E-state index contributed by atoms with van der Waals surface area (Å²) in [6.07, 6.45) is 8.26. The monoisotopic (exact) mass is 451 g/mol. The number of aliphatic hydroxyl groups is 2. The van der Waals surface area contributed by atoms with Crippen molar-refractivity contribution in [1.29, 1.82) is 0 Å². The van der Waals surface area contributed by atoms with E-state index in [-0.39, 0.29) is 35.5 Å². The molecule has 1 aromatic rings. The molecule has 4 rings (SSSR count). The third kappa shape index (κ3) is 4.06. The second kappa shape index (κ2) is 9.11. The van der Waals surface area contributed by atoms with Gasteiger partial charge in [0, 0.05) is 17.9 Å². The fraction of sp³-hybridized carbons (Fsp3) is 0.536. The molecule has 3 aliphatic rings. The molecule has 1 amide bonds. The molecule has 33 heavy (non-hydrogen) atoms. The maximum absolute atomic E-state index is 13.8. The standard InChI is InChI=1S/C28H37NO4/c1-16-7-5-10-22-26(32)19(4)18(3)25-23(15-20-8-6-9-21(30)14-20)29-27(33)28(22,25)24(31)12-11-17(2)13-16/h5-6,8-12,14,16-18,22-26,30-32H,4,7,13,15H2,1-3H3,(H,29,33)/b10-5-,12-11-/t16-,17+,18+,22-,23-,24+,25-,26+,28+/m0/s1. The van der Waals surface area contributed by atoms with E-state index in [1.807, 2.05) is 25.1 Å². The Kier molecular flexibility index (Phi) is 6.56. The average molecular weight is 452 g/mol. The van der Waals surface area contributed by atoms with Gasteiger partial charge in [-0.15, -0.1) is 0 Å². The molecule has 1 aliphatic heterocycles. The van der Waals surface area contributed by atoms with Crippen LogP contribution in [0.2, 0.25) is 0 Å². The minimum absolute atomic E-state index is 0.171. The molecular formula is C28H37NO4. The van der Waals surface area contributed by atoms with E-state index in [0.29, 0.717) is 17.9 Å². The van der Waals surface area contributed by atoms with Gasteiger partial charge in [0.1, 0.15) is 5.75 Å². The van der Waals surface area contributed by atoms with Crippen molar-refractivity contribution in [2.45, 2.75) is 58.3 Å². The lowest BCUT2D eigenvalue weighted by Crippen LogP contribution is -2.59. The van der Waals surface area contributed by atoms with Crippen molar-refractivity contribution in [1.82, 2.24) is 5.32 Å². The van der Waals surface area contributed by atoms with E-state index in [2.05, 4.69) is 31.8 Å². The number of amides is 1. The topological polar surface area (TPSA) is 89.8 Å². The summed E-state index contributed by atoms with van der Waals surface area (Å²) in [4.78, 5) is 13.8. The first-order valence-corrected chi connectivity index (χ1v) is 12.1. The van der Waals surface area contributed by atoms with Crippen LogP contribution in [-0.4, -0.2) is 39.5 Å². The second-order valence-corrected chi connectivity index (χ2v) is 10.6. The largest absolute Gasteiger partial charge is 0.508 e. The molecule has 1 saturated carbocycles. The lowest BCUT2D eigenvalue weighted by molar-refractivity contribution is -0.147. The van der Waals surface area contributed by atoms with Crippen LogP contribution in [0.4, 0.5) is 0 Å². The zero-order chi connectivity index (χ0) is 23.9. The van der Waals surface area contributed by atoms with Gasteiger partial charge in [0.05, 0.1) is 17.6 Å². The summed E-state index contributed by atoms with van der Waals surface area (Å²) < 4.78 is 0. The molecule has 0 unspecified atom stereocenters. The number of phenols is 1. The number of carbonyl (C=O) groups excluding carboxylic acids is 1. The lowest BCUT2D eigenvalue weighted by Gasteiger charge is -2.51. The van der Waals surface area contributed by atoms with Crippen LogP contribution in [0.3, 0.4) is 0 Å². The number of carbonyl (C=O) groups is 1. The lowest BCUT2D eigenvalue weighted by atomic mass is 9.51. The van der Waals surface area contributed by atoms with Gasteiger partial charge in [-0.25, -0.2) is 0 Å². The van der Waals surface area contributed by atoms with Crippen molar-refractivity contribution in [3.63, 3.8) is 0 Å². The van der Waals surface area contributed by atoms with E-state index in [0.717, 1.165) is 18.4 Å². The average Bonchev–Trinajstić information content (AvgIpc) is 3.04. The van der Waals surface area contributed by atoms with E-state index in [4.69, 9.17) is 0 Å². The molecule has 0 aromatic heterocycles. The Labute approximate surface area is 196 Å². The summed E-state index contributed by atoms with van der Waals surface area (Å²) in [7, 11) is 0. The second-order valence-electron chi connectivity index (χ2n) is 10.6. The smallest absolute Gasteiger partial charge is 0.230 e. The van der Waals surface area contributed by atoms with Crippen molar-refractivity contribution in [3.05, 3.63) is 66.3 Å². The van der Waals surface area contributed by atoms with Gasteiger partial charge < -0.3 is 20.6 Å². The molecule has 9 atom stereocenters. The van der Waals surface area contributed by atoms with Gasteiger partial charge in [-0.3, -0.25) is 4.79 Å². The minimum Gasteiger partial charge on any atom is -0.508 e. The highest BCUT2D eigenvalue weighted by Gasteiger charge is 2.67. The zero-order valence-corrected chi connectivity index (χ0v) is 19.8. The number of aromatic hydroxyl groups is 1. The molecule has 1 spiro atoms. The molecule has 2 fully saturated rings. The van der Waals surface area contributed by atoms with E-state index < -0.39 is 23.5 Å². The van der Waals surface area contributed by atoms with Crippen LogP contribution in [0.5, 0.6) is 5.75 Å². The summed E-state index contributed by atoms with van der Waals surface area (Å²) >= 11 is 0. The fourth-order valence-electron chi connectivity index (χ4n) is 6.62. The normalized spacial score (nSPS) is 43.1. The first kappa shape index (κ1) is 23.8. The van der Waals surface area contributed by atoms with Crippen molar-refractivity contribution in [2.75, 3.05) is 0 Å². The van der Waals surface area contributed by atoms with Gasteiger partial charge in [-0.1, -0.05) is 63.8 Å². The Morgan fingerprint density at radius 2 is 1.91 bits per heavy atom. The molecule has 178 valence electrons. The van der Waals surface area contributed by atoms with Gasteiger partial charge in [-0.2, -0.15) is 0 Å². The van der Waals surface area contributed by atoms with Crippen LogP contribution in [0.15, 0.2) is 60.7 Å². The molecule has 2 aliphatic carbocycles. The van der Waals surface area contributed by atoms with Crippen molar-refractivity contribution < 1.29 is 20.1 Å². The number of allylic oxidation sites excluding steroid dienone is 2. The molecule has 1 heterocycles. The Morgan fingerprint density at radius 3 is 2.64 bits per heavy atom. The number of hydrogen-bond donors (Lipinski definition) is 4. The highest BCUT2D eigenvalue weighted by molar-refractivity contribution is 5.88. The fourth-order valence-corrected chi connectivity index (χ4v) is 6.62. The number of hydrogen-bond acceptors (Lipinski definition) is 4. The van der Waals surface area contributed by atoms with E-state index in [1.165, 1.54) is 0 Å². The number of rotatable bonds is 2. The summed E-state index contributed by atoms with van der Waals surface area (Å²) in [5, 5.41) is 36.0. The number of aliphatic hydroxyl groups excluding tert-OH is 2. The Balaban J connectivity index is 1.83. The highest BCUT2D eigenvalue weighted by atomic mass is 16.3. The highest BCUT2D eigenvalue weighted by Crippen LogP contribution is 2.57. The first-order valence-electron chi connectivity index (χ1n) is 12.1. The van der Waals surface area contributed by atoms with Crippen LogP contribution >= 0.6 is 0 Å². The van der Waals surface area contributed by atoms with Crippen LogP contribution in [0.25, 0.3) is 0 Å². The van der Waals surface area contributed by atoms with Crippen LogP contribution < -0.4 is 5.32 Å². The van der Waals surface area contributed by atoms with Gasteiger partial charge in [-0.05, 0) is 60.3 Å². The van der Waals surface area contributed by atoms with Gasteiger partial charge in [0.2, 0.25) is 5.91 Å². The zero-order valence-electron chi connectivity index (χ0n) is 19.8. The molecule has 5 nitrogen and oxygen atoms in total. The van der Waals surface area contributed by atoms with Crippen LogP contribution in [0.1, 0.15) is 39.2 Å². The van der Waals surface area contributed by atoms with Crippen molar-refractivity contribution in [2.24, 2.45) is 35.0 Å². The third-order valence-electron chi connectivity index (χ3n) is 8.22. The van der Waals surface area contributed by atoms with Crippen LogP contribution in [0, 0.1) is 35.0 Å². The first-order chi connectivity index (χ1) is 15.7. The summed E-state index contributed by atoms with van der Waals surface area (Å²) in [5.41, 5.74) is 0.426. The maximum Gasteiger partial charge on any atom is 0.230 e. The molecule has 0 radical (unpaired) electrons. The van der Waals surface area contributed by atoms with Crippen molar-refractivity contribution in [3.8, 4) is 5.75 Å². The molecule has 4 N–H and O–H groups in total. The molecule has 1 aromatic carbocycles. The van der Waals surface area contributed by atoms with Crippen LogP contribution in [-0.2, 0) is 11.2 Å². The Morgan fingerprint density at radius 1 is 1.15 bits per heavy atom. The molecule has 5 heteroatoms. The van der Waals surface area contributed by atoms with Gasteiger partial charge in [0.15, 0.2) is 0 Å². The molecule has 1 saturated heterocycles.